The SMILES string of the molecule is Cc1ccc2oc3c(c(=O)c2c1)[C@H](c1ccc(Br)cc1)N(CCCOC(C)C)C3=O. The molecule has 1 atom stereocenters. The van der Waals surface area contributed by atoms with Crippen LogP contribution in [0.1, 0.15) is 53.6 Å². The number of nitrogens with zero attached hydrogens (tertiary/aromatic N) is 1. The van der Waals surface area contributed by atoms with Crippen LogP contribution in [-0.4, -0.2) is 30.1 Å². The molecule has 30 heavy (non-hydrogen) atoms. The number of benzene rings is 2. The lowest BCUT2D eigenvalue weighted by Crippen LogP contribution is -2.31. The number of halogens is 1. The van der Waals surface area contributed by atoms with E-state index >= 15 is 0 Å². The summed E-state index contributed by atoms with van der Waals surface area (Å²) in [4.78, 5) is 28.5. The van der Waals surface area contributed by atoms with Crippen molar-refractivity contribution in [2.75, 3.05) is 13.2 Å². The second kappa shape index (κ2) is 8.36. The number of aryl methyl sites for hydroxylation is 1. The first-order valence-electron chi connectivity index (χ1n) is 10.1. The van der Waals surface area contributed by atoms with Crippen molar-refractivity contribution in [1.29, 1.82) is 0 Å². The minimum Gasteiger partial charge on any atom is -0.450 e. The molecule has 2 heterocycles. The van der Waals surface area contributed by atoms with Gasteiger partial charge in [-0.2, -0.15) is 0 Å². The standard InChI is InChI=1S/C24H24BrNO4/c1-14(2)29-12-4-11-26-21(16-6-8-17(25)9-7-16)20-22(27)18-13-15(3)5-10-19(18)30-23(20)24(26)28/h5-10,13-14,21H,4,11-12H2,1-3H3/t21-/m0/s1. The van der Waals surface area contributed by atoms with Crippen LogP contribution in [0, 0.1) is 6.92 Å². The third-order valence-electron chi connectivity index (χ3n) is 5.30. The number of ether oxygens (including phenoxy) is 1. The van der Waals surface area contributed by atoms with Crippen molar-refractivity contribution in [1.82, 2.24) is 4.90 Å². The Bertz CT molecular complexity index is 1150. The minimum atomic E-state index is -0.471. The van der Waals surface area contributed by atoms with Gasteiger partial charge in [0.2, 0.25) is 5.76 Å². The van der Waals surface area contributed by atoms with E-state index in [0.717, 1.165) is 15.6 Å². The van der Waals surface area contributed by atoms with E-state index in [1.54, 1.807) is 11.0 Å². The Hall–Kier alpha value is -2.44. The van der Waals surface area contributed by atoms with Crippen LogP contribution in [-0.2, 0) is 4.74 Å². The number of carbonyl (C=O) groups excluding carboxylic acids is 1. The van der Waals surface area contributed by atoms with E-state index in [2.05, 4.69) is 15.9 Å². The van der Waals surface area contributed by atoms with Gasteiger partial charge in [-0.1, -0.05) is 39.7 Å². The fourth-order valence-corrected chi connectivity index (χ4v) is 4.17. The van der Waals surface area contributed by atoms with Gasteiger partial charge in [0.1, 0.15) is 5.58 Å². The third kappa shape index (κ3) is 3.82. The normalized spacial score (nSPS) is 16.0. The first kappa shape index (κ1) is 20.8. The zero-order chi connectivity index (χ0) is 21.4. The summed E-state index contributed by atoms with van der Waals surface area (Å²) >= 11 is 3.46. The van der Waals surface area contributed by atoms with Gasteiger partial charge in [-0.05, 0) is 57.0 Å². The molecule has 5 nitrogen and oxygen atoms in total. The van der Waals surface area contributed by atoms with Crippen LogP contribution < -0.4 is 5.43 Å². The van der Waals surface area contributed by atoms with Crippen molar-refractivity contribution in [3.8, 4) is 0 Å². The quantitative estimate of drug-likeness (QED) is 0.464. The van der Waals surface area contributed by atoms with Crippen LogP contribution in [0.25, 0.3) is 11.0 Å². The van der Waals surface area contributed by atoms with Gasteiger partial charge in [-0.3, -0.25) is 9.59 Å². The highest BCUT2D eigenvalue weighted by molar-refractivity contribution is 9.10. The smallest absolute Gasteiger partial charge is 0.290 e. The molecule has 0 saturated carbocycles. The monoisotopic (exact) mass is 469 g/mol. The van der Waals surface area contributed by atoms with Crippen LogP contribution in [0.2, 0.25) is 0 Å². The molecular weight excluding hydrogens is 446 g/mol. The first-order valence-corrected chi connectivity index (χ1v) is 10.9. The number of carbonyl (C=O) groups is 1. The summed E-state index contributed by atoms with van der Waals surface area (Å²) in [5.74, 6) is -0.101. The summed E-state index contributed by atoms with van der Waals surface area (Å²) < 4.78 is 12.6. The fourth-order valence-electron chi connectivity index (χ4n) is 3.91. The number of amides is 1. The summed E-state index contributed by atoms with van der Waals surface area (Å²) in [5, 5.41) is 0.508. The average Bonchev–Trinajstić information content (AvgIpc) is 2.99. The predicted octanol–water partition coefficient (Wildman–Crippen LogP) is 5.22. The van der Waals surface area contributed by atoms with Gasteiger partial charge in [0, 0.05) is 17.6 Å². The van der Waals surface area contributed by atoms with Crippen molar-refractivity contribution in [2.24, 2.45) is 0 Å². The van der Waals surface area contributed by atoms with Crippen molar-refractivity contribution in [2.45, 2.75) is 39.3 Å². The van der Waals surface area contributed by atoms with E-state index in [1.165, 1.54) is 0 Å². The topological polar surface area (TPSA) is 59.8 Å². The van der Waals surface area contributed by atoms with Gasteiger partial charge in [-0.25, -0.2) is 0 Å². The highest BCUT2D eigenvalue weighted by Gasteiger charge is 2.42. The van der Waals surface area contributed by atoms with Gasteiger partial charge in [0.15, 0.2) is 5.43 Å². The Morgan fingerprint density at radius 2 is 1.87 bits per heavy atom. The Morgan fingerprint density at radius 3 is 2.57 bits per heavy atom. The molecule has 0 aliphatic carbocycles. The van der Waals surface area contributed by atoms with Gasteiger partial charge in [0.05, 0.1) is 23.1 Å². The van der Waals surface area contributed by atoms with Gasteiger partial charge in [0.25, 0.3) is 5.91 Å². The molecule has 0 spiro atoms. The van der Waals surface area contributed by atoms with Gasteiger partial charge < -0.3 is 14.1 Å². The molecule has 0 saturated heterocycles. The van der Waals surface area contributed by atoms with E-state index in [1.807, 2.05) is 57.2 Å². The minimum absolute atomic E-state index is 0.135. The second-order valence-corrected chi connectivity index (χ2v) is 8.82. The predicted molar refractivity (Wildman–Crippen MR) is 120 cm³/mol. The molecule has 1 aliphatic heterocycles. The molecule has 156 valence electrons. The summed E-state index contributed by atoms with van der Waals surface area (Å²) in [6, 6.07) is 12.7. The van der Waals surface area contributed by atoms with Crippen molar-refractivity contribution >= 4 is 32.8 Å². The highest BCUT2D eigenvalue weighted by atomic mass is 79.9. The lowest BCUT2D eigenvalue weighted by Gasteiger charge is -2.25. The lowest BCUT2D eigenvalue weighted by molar-refractivity contribution is 0.0593. The molecule has 4 rings (SSSR count). The summed E-state index contributed by atoms with van der Waals surface area (Å²) in [5.41, 5.74) is 2.58. The molecule has 0 fully saturated rings. The summed E-state index contributed by atoms with van der Waals surface area (Å²) in [7, 11) is 0. The van der Waals surface area contributed by atoms with Crippen LogP contribution in [0.4, 0.5) is 0 Å². The maximum absolute atomic E-state index is 13.5. The highest BCUT2D eigenvalue weighted by Crippen LogP contribution is 2.38. The van der Waals surface area contributed by atoms with Crippen LogP contribution >= 0.6 is 15.9 Å². The maximum atomic E-state index is 13.5. The first-order chi connectivity index (χ1) is 14.4. The molecule has 1 aliphatic rings. The van der Waals surface area contributed by atoms with E-state index < -0.39 is 6.04 Å². The Labute approximate surface area is 183 Å². The average molecular weight is 470 g/mol. The number of rotatable bonds is 6. The molecule has 0 radical (unpaired) electrons. The molecule has 3 aromatic rings. The van der Waals surface area contributed by atoms with Crippen molar-refractivity contribution in [3.63, 3.8) is 0 Å². The summed E-state index contributed by atoms with van der Waals surface area (Å²) in [6.07, 6.45) is 0.813. The van der Waals surface area contributed by atoms with Crippen molar-refractivity contribution in [3.05, 3.63) is 79.6 Å². The van der Waals surface area contributed by atoms with E-state index in [9.17, 15) is 9.59 Å². The molecule has 0 bridgehead atoms. The van der Waals surface area contributed by atoms with Crippen LogP contribution in [0.5, 0.6) is 0 Å². The summed E-state index contributed by atoms with van der Waals surface area (Å²) in [6.45, 7) is 6.93. The largest absolute Gasteiger partial charge is 0.450 e. The van der Waals surface area contributed by atoms with Crippen LogP contribution in [0.3, 0.4) is 0 Å². The molecule has 0 N–H and O–H groups in total. The van der Waals surface area contributed by atoms with E-state index in [4.69, 9.17) is 9.15 Å². The number of fused-ring (bicyclic) bond motifs is 2. The molecule has 0 unspecified atom stereocenters. The Kier molecular flexibility index (Phi) is 5.80. The number of hydrogen-bond acceptors (Lipinski definition) is 4. The van der Waals surface area contributed by atoms with Crippen LogP contribution in [0.15, 0.2) is 56.1 Å². The van der Waals surface area contributed by atoms with Crippen molar-refractivity contribution < 1.29 is 13.9 Å². The van der Waals surface area contributed by atoms with Gasteiger partial charge >= 0.3 is 0 Å². The molecule has 1 amide bonds. The van der Waals surface area contributed by atoms with E-state index in [0.29, 0.717) is 36.1 Å². The molecule has 1 aromatic heterocycles. The van der Waals surface area contributed by atoms with E-state index in [-0.39, 0.29) is 23.2 Å². The van der Waals surface area contributed by atoms with Gasteiger partial charge in [-0.15, -0.1) is 0 Å². The number of hydrogen-bond donors (Lipinski definition) is 0. The molecule has 2 aromatic carbocycles. The molecule has 6 heteroatoms. The maximum Gasteiger partial charge on any atom is 0.290 e. The fraction of sp³-hybridized carbons (Fsp3) is 0.333. The zero-order valence-electron chi connectivity index (χ0n) is 17.3. The third-order valence-corrected chi connectivity index (χ3v) is 5.83. The zero-order valence-corrected chi connectivity index (χ0v) is 18.9. The Morgan fingerprint density at radius 1 is 1.13 bits per heavy atom. The lowest BCUT2D eigenvalue weighted by atomic mass is 9.98. The molecular formula is C24H24BrNO4. The Balaban J connectivity index is 1.81. The second-order valence-electron chi connectivity index (χ2n) is 7.90.